The molecular formula is C18H17N3O3S. The fourth-order valence-corrected chi connectivity index (χ4v) is 3.30. The van der Waals surface area contributed by atoms with Crippen molar-refractivity contribution in [2.24, 2.45) is 0 Å². The Labute approximate surface area is 146 Å². The van der Waals surface area contributed by atoms with Crippen LogP contribution in [0.25, 0.3) is 5.69 Å². The van der Waals surface area contributed by atoms with E-state index in [2.05, 4.69) is 9.82 Å². The van der Waals surface area contributed by atoms with Crippen LogP contribution in [0.1, 0.15) is 23.0 Å². The Morgan fingerprint density at radius 3 is 2.36 bits per heavy atom. The normalized spacial score (nSPS) is 11.4. The molecule has 0 amide bonds. The maximum Gasteiger partial charge on any atom is 0.240 e. The highest BCUT2D eigenvalue weighted by Crippen LogP contribution is 2.12. The molecule has 0 aliphatic rings. The van der Waals surface area contributed by atoms with Crippen molar-refractivity contribution in [2.75, 3.05) is 0 Å². The molecule has 3 rings (SSSR count). The third-order valence-corrected chi connectivity index (χ3v) is 5.10. The third kappa shape index (κ3) is 4.01. The highest BCUT2D eigenvalue weighted by atomic mass is 32.2. The second-order valence-electron chi connectivity index (χ2n) is 5.49. The minimum atomic E-state index is -3.67. The van der Waals surface area contributed by atoms with Gasteiger partial charge in [-0.2, -0.15) is 5.10 Å². The van der Waals surface area contributed by atoms with E-state index < -0.39 is 10.0 Å². The topological polar surface area (TPSA) is 81.1 Å². The van der Waals surface area contributed by atoms with Gasteiger partial charge in [-0.25, -0.2) is 17.8 Å². The van der Waals surface area contributed by atoms with Gasteiger partial charge in [0.1, 0.15) is 0 Å². The van der Waals surface area contributed by atoms with E-state index in [9.17, 15) is 13.2 Å². The van der Waals surface area contributed by atoms with E-state index in [1.807, 2.05) is 30.3 Å². The summed E-state index contributed by atoms with van der Waals surface area (Å²) in [6, 6.07) is 17.2. The van der Waals surface area contributed by atoms with Crippen molar-refractivity contribution in [3.05, 3.63) is 78.1 Å². The molecular weight excluding hydrogens is 338 g/mol. The van der Waals surface area contributed by atoms with E-state index >= 15 is 0 Å². The molecule has 0 aliphatic carbocycles. The van der Waals surface area contributed by atoms with Crippen LogP contribution in [0.2, 0.25) is 0 Å². The highest BCUT2D eigenvalue weighted by Gasteiger charge is 2.15. The lowest BCUT2D eigenvalue weighted by Gasteiger charge is -2.06. The van der Waals surface area contributed by atoms with E-state index in [0.717, 1.165) is 5.69 Å². The molecule has 3 aromatic rings. The van der Waals surface area contributed by atoms with Crippen molar-refractivity contribution < 1.29 is 13.2 Å². The van der Waals surface area contributed by atoms with E-state index in [1.165, 1.54) is 31.2 Å². The number of sulfonamides is 1. The lowest BCUT2D eigenvalue weighted by molar-refractivity contribution is 0.101. The molecule has 0 spiro atoms. The summed E-state index contributed by atoms with van der Waals surface area (Å²) in [4.78, 5) is 11.4. The van der Waals surface area contributed by atoms with Gasteiger partial charge in [0.15, 0.2) is 5.78 Å². The Bertz CT molecular complexity index is 978. The molecule has 0 unspecified atom stereocenters. The van der Waals surface area contributed by atoms with Crippen molar-refractivity contribution in [1.29, 1.82) is 0 Å². The minimum absolute atomic E-state index is 0.0800. The molecule has 1 N–H and O–H groups in total. The molecule has 1 heterocycles. The lowest BCUT2D eigenvalue weighted by Crippen LogP contribution is -2.23. The molecule has 0 atom stereocenters. The predicted octanol–water partition coefficient (Wildman–Crippen LogP) is 2.55. The first-order chi connectivity index (χ1) is 12.0. The van der Waals surface area contributed by atoms with Gasteiger partial charge in [0.2, 0.25) is 10.0 Å². The first kappa shape index (κ1) is 17.1. The van der Waals surface area contributed by atoms with Gasteiger partial charge >= 0.3 is 0 Å². The first-order valence-corrected chi connectivity index (χ1v) is 9.15. The SMILES string of the molecule is CC(=O)c1ccc(S(=O)(=O)NCc2ccn(-c3ccccc3)n2)cc1. The fourth-order valence-electron chi connectivity index (χ4n) is 2.30. The number of hydrogen-bond donors (Lipinski definition) is 1. The quantitative estimate of drug-likeness (QED) is 0.689. The van der Waals surface area contributed by atoms with Crippen molar-refractivity contribution in [3.8, 4) is 5.69 Å². The van der Waals surface area contributed by atoms with Gasteiger partial charge in [0.05, 0.1) is 22.8 Å². The van der Waals surface area contributed by atoms with Crippen LogP contribution in [0.15, 0.2) is 71.8 Å². The number of ketones is 1. The van der Waals surface area contributed by atoms with Crippen molar-refractivity contribution in [3.63, 3.8) is 0 Å². The number of para-hydroxylation sites is 1. The number of aromatic nitrogens is 2. The highest BCUT2D eigenvalue weighted by molar-refractivity contribution is 7.89. The van der Waals surface area contributed by atoms with Gasteiger partial charge in [0.25, 0.3) is 0 Å². The Balaban J connectivity index is 1.70. The summed E-state index contributed by atoms with van der Waals surface area (Å²) < 4.78 is 28.9. The second kappa shape index (κ2) is 7.00. The summed E-state index contributed by atoms with van der Waals surface area (Å²) >= 11 is 0. The van der Waals surface area contributed by atoms with E-state index in [4.69, 9.17) is 0 Å². The summed E-state index contributed by atoms with van der Waals surface area (Å²) in [6.07, 6.45) is 1.78. The second-order valence-corrected chi connectivity index (χ2v) is 7.26. The Morgan fingerprint density at radius 1 is 1.04 bits per heavy atom. The van der Waals surface area contributed by atoms with Crippen molar-refractivity contribution in [2.45, 2.75) is 18.4 Å². The van der Waals surface area contributed by atoms with Crippen LogP contribution < -0.4 is 4.72 Å². The summed E-state index contributed by atoms with van der Waals surface area (Å²) in [5, 5.41) is 4.36. The third-order valence-electron chi connectivity index (χ3n) is 3.68. The van der Waals surface area contributed by atoms with Crippen LogP contribution in [-0.4, -0.2) is 24.0 Å². The van der Waals surface area contributed by atoms with Crippen molar-refractivity contribution >= 4 is 15.8 Å². The minimum Gasteiger partial charge on any atom is -0.295 e. The number of Topliss-reactive ketones (excluding diaryl/α,β-unsaturated/α-hetero) is 1. The molecule has 25 heavy (non-hydrogen) atoms. The number of rotatable bonds is 6. The number of benzene rings is 2. The van der Waals surface area contributed by atoms with Crippen LogP contribution in [0.4, 0.5) is 0 Å². The average Bonchev–Trinajstić information content (AvgIpc) is 3.10. The molecule has 0 aliphatic heterocycles. The van der Waals surface area contributed by atoms with Gasteiger partial charge < -0.3 is 0 Å². The van der Waals surface area contributed by atoms with Gasteiger partial charge in [-0.1, -0.05) is 30.3 Å². The summed E-state index contributed by atoms with van der Waals surface area (Å²) in [5.74, 6) is -0.108. The molecule has 128 valence electrons. The first-order valence-electron chi connectivity index (χ1n) is 7.66. The molecule has 7 heteroatoms. The van der Waals surface area contributed by atoms with Gasteiger partial charge in [-0.05, 0) is 37.3 Å². The summed E-state index contributed by atoms with van der Waals surface area (Å²) in [6.45, 7) is 1.52. The van der Waals surface area contributed by atoms with Crippen LogP contribution in [0.5, 0.6) is 0 Å². The Morgan fingerprint density at radius 2 is 1.72 bits per heavy atom. The zero-order valence-electron chi connectivity index (χ0n) is 13.6. The van der Waals surface area contributed by atoms with E-state index in [0.29, 0.717) is 11.3 Å². The fraction of sp³-hybridized carbons (Fsp3) is 0.111. The predicted molar refractivity (Wildman–Crippen MR) is 94.0 cm³/mol. The van der Waals surface area contributed by atoms with E-state index in [1.54, 1.807) is 16.9 Å². The van der Waals surface area contributed by atoms with Crippen LogP contribution in [0.3, 0.4) is 0 Å². The zero-order valence-corrected chi connectivity index (χ0v) is 14.4. The maximum absolute atomic E-state index is 12.3. The Kier molecular flexibility index (Phi) is 4.78. The monoisotopic (exact) mass is 355 g/mol. The number of carbonyl (C=O) groups is 1. The molecule has 0 saturated carbocycles. The smallest absolute Gasteiger partial charge is 0.240 e. The van der Waals surface area contributed by atoms with Crippen molar-refractivity contribution in [1.82, 2.24) is 14.5 Å². The standard InChI is InChI=1S/C18H17N3O3S/c1-14(22)15-7-9-18(10-8-15)25(23,24)19-13-16-11-12-21(20-16)17-5-3-2-4-6-17/h2-12,19H,13H2,1H3. The molecule has 2 aromatic carbocycles. The van der Waals surface area contributed by atoms with E-state index in [-0.39, 0.29) is 17.2 Å². The Hall–Kier alpha value is -2.77. The maximum atomic E-state index is 12.3. The van der Waals surface area contributed by atoms with Gasteiger partial charge in [0, 0.05) is 11.8 Å². The number of nitrogens with one attached hydrogen (secondary N) is 1. The molecule has 0 bridgehead atoms. The summed E-state index contributed by atoms with van der Waals surface area (Å²) in [7, 11) is -3.67. The molecule has 0 fully saturated rings. The van der Waals surface area contributed by atoms with Gasteiger partial charge in [-0.15, -0.1) is 0 Å². The molecule has 1 aromatic heterocycles. The average molecular weight is 355 g/mol. The summed E-state index contributed by atoms with van der Waals surface area (Å²) in [5.41, 5.74) is 1.98. The number of nitrogens with zero attached hydrogens (tertiary/aromatic N) is 2. The zero-order chi connectivity index (χ0) is 17.9. The number of hydrogen-bond acceptors (Lipinski definition) is 4. The molecule has 0 saturated heterocycles. The van der Waals surface area contributed by atoms with Gasteiger partial charge in [-0.3, -0.25) is 4.79 Å². The molecule has 6 nitrogen and oxygen atoms in total. The number of carbonyl (C=O) groups excluding carboxylic acids is 1. The lowest BCUT2D eigenvalue weighted by atomic mass is 10.2. The van der Waals surface area contributed by atoms with Crippen LogP contribution >= 0.6 is 0 Å². The largest absolute Gasteiger partial charge is 0.295 e. The van der Waals surface area contributed by atoms with Crippen LogP contribution in [0, 0.1) is 0 Å². The van der Waals surface area contributed by atoms with Crippen LogP contribution in [-0.2, 0) is 16.6 Å². The molecule has 0 radical (unpaired) electrons.